The molecule has 0 aliphatic carbocycles. The summed E-state index contributed by atoms with van der Waals surface area (Å²) in [5.74, 6) is -0.249. The van der Waals surface area contributed by atoms with Crippen LogP contribution in [0, 0.1) is 13.8 Å². The first-order valence-corrected chi connectivity index (χ1v) is 8.89. The van der Waals surface area contributed by atoms with Crippen LogP contribution in [0.3, 0.4) is 0 Å². The van der Waals surface area contributed by atoms with Crippen molar-refractivity contribution >= 4 is 29.0 Å². The van der Waals surface area contributed by atoms with Gasteiger partial charge < -0.3 is 21.1 Å². The number of hydrogen-bond donors (Lipinski definition) is 3. The topological polar surface area (TPSA) is 124 Å². The van der Waals surface area contributed by atoms with Crippen molar-refractivity contribution in [3.05, 3.63) is 59.3 Å². The van der Waals surface area contributed by atoms with E-state index in [0.717, 1.165) is 16.8 Å². The van der Waals surface area contributed by atoms with Crippen LogP contribution in [0.25, 0.3) is 0 Å². The monoisotopic (exact) mass is 394 g/mol. The van der Waals surface area contributed by atoms with Crippen molar-refractivity contribution in [2.45, 2.75) is 20.4 Å². The summed E-state index contributed by atoms with van der Waals surface area (Å²) in [6.07, 6.45) is 0. The summed E-state index contributed by atoms with van der Waals surface area (Å²) in [5, 5.41) is 13.2. The average Bonchev–Trinajstić information content (AvgIpc) is 3.05. The van der Waals surface area contributed by atoms with Gasteiger partial charge in [0.15, 0.2) is 11.5 Å². The van der Waals surface area contributed by atoms with E-state index in [9.17, 15) is 9.59 Å². The van der Waals surface area contributed by atoms with Gasteiger partial charge in [-0.1, -0.05) is 29.5 Å². The molecule has 1 aromatic heterocycles. The third-order valence-electron chi connectivity index (χ3n) is 4.35. The number of nitrogens with one attached hydrogen (secondary N) is 2. The molecule has 0 aliphatic heterocycles. The zero-order valence-corrected chi connectivity index (χ0v) is 16.4. The van der Waals surface area contributed by atoms with Crippen LogP contribution in [-0.4, -0.2) is 33.9 Å². The molecule has 0 aliphatic rings. The number of nitrogens with zero attached hydrogens (tertiary/aromatic N) is 3. The summed E-state index contributed by atoms with van der Waals surface area (Å²) >= 11 is 0. The van der Waals surface area contributed by atoms with E-state index in [4.69, 9.17) is 10.5 Å². The first-order valence-electron chi connectivity index (χ1n) is 8.89. The molecule has 150 valence electrons. The molecule has 29 heavy (non-hydrogen) atoms. The molecule has 0 radical (unpaired) electrons. The van der Waals surface area contributed by atoms with Crippen molar-refractivity contribution in [2.24, 2.45) is 0 Å². The van der Waals surface area contributed by atoms with Crippen molar-refractivity contribution < 1.29 is 14.3 Å². The Kier molecular flexibility index (Phi) is 5.77. The van der Waals surface area contributed by atoms with E-state index < -0.39 is 5.91 Å². The van der Waals surface area contributed by atoms with E-state index in [-0.39, 0.29) is 24.0 Å². The maximum atomic E-state index is 12.5. The maximum Gasteiger partial charge on any atom is 0.280 e. The zero-order valence-electron chi connectivity index (χ0n) is 16.4. The normalized spacial score (nSPS) is 10.4. The van der Waals surface area contributed by atoms with E-state index in [2.05, 4.69) is 20.9 Å². The van der Waals surface area contributed by atoms with Crippen molar-refractivity contribution in [3.63, 3.8) is 0 Å². The first-order chi connectivity index (χ1) is 13.9. The highest BCUT2D eigenvalue weighted by Gasteiger charge is 2.19. The quantitative estimate of drug-likeness (QED) is 0.590. The van der Waals surface area contributed by atoms with Crippen LogP contribution in [0.1, 0.15) is 21.6 Å². The number of carbonyl (C=O) groups excluding carboxylic acids is 2. The highest BCUT2D eigenvalue weighted by Crippen LogP contribution is 2.20. The maximum absolute atomic E-state index is 12.5. The highest BCUT2D eigenvalue weighted by atomic mass is 16.5. The molecule has 4 N–H and O–H groups in total. The van der Waals surface area contributed by atoms with Gasteiger partial charge in [-0.3, -0.25) is 9.59 Å². The molecule has 0 saturated heterocycles. The van der Waals surface area contributed by atoms with E-state index in [1.54, 1.807) is 24.3 Å². The lowest BCUT2D eigenvalue weighted by atomic mass is 10.1. The molecule has 9 nitrogen and oxygen atoms in total. The number of para-hydroxylation sites is 1. The number of methoxy groups -OCH3 is 1. The fourth-order valence-electron chi connectivity index (χ4n) is 2.82. The van der Waals surface area contributed by atoms with E-state index >= 15 is 0 Å². The van der Waals surface area contributed by atoms with Gasteiger partial charge in [-0.15, -0.1) is 5.10 Å². The van der Waals surface area contributed by atoms with Gasteiger partial charge in [-0.2, -0.15) is 0 Å². The van der Waals surface area contributed by atoms with Crippen molar-refractivity contribution in [1.82, 2.24) is 15.0 Å². The average molecular weight is 394 g/mol. The Morgan fingerprint density at radius 1 is 1.10 bits per heavy atom. The number of nitrogens with two attached hydrogens (primary N) is 1. The Labute approximate surface area is 167 Å². The molecule has 3 rings (SSSR count). The number of nitrogen functional groups attached to an aromatic ring is 1. The van der Waals surface area contributed by atoms with Crippen LogP contribution >= 0.6 is 0 Å². The molecule has 2 aromatic carbocycles. The van der Waals surface area contributed by atoms with Crippen LogP contribution in [0.5, 0.6) is 5.75 Å². The lowest BCUT2D eigenvalue weighted by Gasteiger charge is -2.11. The Morgan fingerprint density at radius 3 is 2.48 bits per heavy atom. The van der Waals surface area contributed by atoms with E-state index in [0.29, 0.717) is 11.4 Å². The molecular weight excluding hydrogens is 372 g/mol. The van der Waals surface area contributed by atoms with Crippen molar-refractivity contribution in [2.75, 3.05) is 23.5 Å². The van der Waals surface area contributed by atoms with Gasteiger partial charge >= 0.3 is 0 Å². The number of ether oxygens (including phenoxy) is 1. The fourth-order valence-corrected chi connectivity index (χ4v) is 2.82. The van der Waals surface area contributed by atoms with Crippen molar-refractivity contribution in [1.29, 1.82) is 0 Å². The molecule has 0 saturated carbocycles. The highest BCUT2D eigenvalue weighted by molar-refractivity contribution is 6.05. The molecule has 0 unspecified atom stereocenters. The Balaban J connectivity index is 1.70. The minimum absolute atomic E-state index is 0.00190. The lowest BCUT2D eigenvalue weighted by Crippen LogP contribution is -2.22. The molecule has 9 heteroatoms. The van der Waals surface area contributed by atoms with Crippen LogP contribution in [0.2, 0.25) is 0 Å². The molecular formula is C20H22N6O3. The first kappa shape index (κ1) is 19.9. The summed E-state index contributed by atoms with van der Waals surface area (Å²) in [7, 11) is 1.54. The summed E-state index contributed by atoms with van der Waals surface area (Å²) in [6, 6.07) is 12.6. The van der Waals surface area contributed by atoms with Crippen molar-refractivity contribution in [3.8, 4) is 5.75 Å². The Hall–Kier alpha value is -3.88. The predicted octanol–water partition coefficient (Wildman–Crippen LogP) is 2.38. The van der Waals surface area contributed by atoms with Gasteiger partial charge in [0.25, 0.3) is 5.91 Å². The SMILES string of the molecule is COc1cccc(NC(=O)c2nnn(CC(=O)Nc3c(C)cccc3C)c2N)c1. The molecule has 0 bridgehead atoms. The second-order valence-electron chi connectivity index (χ2n) is 6.48. The van der Waals surface area contributed by atoms with Crippen LogP contribution in [0.15, 0.2) is 42.5 Å². The minimum atomic E-state index is -0.530. The van der Waals surface area contributed by atoms with Crippen LogP contribution in [0.4, 0.5) is 17.2 Å². The lowest BCUT2D eigenvalue weighted by molar-refractivity contribution is -0.116. The number of carbonyl (C=O) groups is 2. The number of rotatable bonds is 6. The Morgan fingerprint density at radius 2 is 1.79 bits per heavy atom. The molecule has 1 heterocycles. The number of hydrogen-bond acceptors (Lipinski definition) is 6. The minimum Gasteiger partial charge on any atom is -0.497 e. The molecule has 0 atom stereocenters. The van der Waals surface area contributed by atoms with Crippen LogP contribution < -0.4 is 21.1 Å². The van der Waals surface area contributed by atoms with Gasteiger partial charge in [0.1, 0.15) is 12.3 Å². The van der Waals surface area contributed by atoms with E-state index in [1.807, 2.05) is 32.0 Å². The predicted molar refractivity (Wildman–Crippen MR) is 110 cm³/mol. The van der Waals surface area contributed by atoms with Gasteiger partial charge in [-0.25, -0.2) is 4.68 Å². The number of anilines is 3. The molecule has 0 spiro atoms. The third kappa shape index (κ3) is 4.52. The second kappa shape index (κ2) is 8.42. The smallest absolute Gasteiger partial charge is 0.280 e. The number of aryl methyl sites for hydroxylation is 2. The molecule has 2 amide bonds. The van der Waals surface area contributed by atoms with Gasteiger partial charge in [0.2, 0.25) is 5.91 Å². The fraction of sp³-hybridized carbons (Fsp3) is 0.200. The number of amides is 2. The second-order valence-corrected chi connectivity index (χ2v) is 6.48. The summed E-state index contributed by atoms with van der Waals surface area (Å²) in [5.41, 5.74) is 9.09. The van der Waals surface area contributed by atoms with Gasteiger partial charge in [0.05, 0.1) is 7.11 Å². The molecule has 3 aromatic rings. The van der Waals surface area contributed by atoms with Gasteiger partial charge in [-0.05, 0) is 37.1 Å². The Bertz CT molecular complexity index is 1040. The standard InChI is InChI=1S/C20H22N6O3/c1-12-6-4-7-13(2)17(12)23-16(27)11-26-19(21)18(24-25-26)20(28)22-14-8-5-9-15(10-14)29-3/h4-10H,11,21H2,1-3H3,(H,22,28)(H,23,27). The third-order valence-corrected chi connectivity index (χ3v) is 4.35. The van der Waals surface area contributed by atoms with E-state index in [1.165, 1.54) is 11.8 Å². The summed E-state index contributed by atoms with van der Waals surface area (Å²) in [4.78, 5) is 24.9. The van der Waals surface area contributed by atoms with Crippen LogP contribution in [-0.2, 0) is 11.3 Å². The summed E-state index contributed by atoms with van der Waals surface area (Å²) < 4.78 is 6.31. The number of benzene rings is 2. The zero-order chi connectivity index (χ0) is 21.0. The molecule has 0 fully saturated rings. The van der Waals surface area contributed by atoms with Gasteiger partial charge in [0, 0.05) is 17.4 Å². The summed E-state index contributed by atoms with van der Waals surface area (Å²) in [6.45, 7) is 3.65. The largest absolute Gasteiger partial charge is 0.497 e. The number of aromatic nitrogens is 3.